The number of rotatable bonds is 6. The molecule has 5 N–H and O–H groups in total. The molecule has 0 bridgehead atoms. The highest BCUT2D eigenvalue weighted by Gasteiger charge is 2.08. The molecule has 0 aliphatic rings. The van der Waals surface area contributed by atoms with Gasteiger partial charge >= 0.3 is 11.9 Å². The van der Waals surface area contributed by atoms with E-state index in [1.165, 1.54) is 6.92 Å². The Balaban J connectivity index is 0. The molecular weight excluding hydrogens is 234 g/mol. The average molecular weight is 253 g/mol. The van der Waals surface area contributed by atoms with Gasteiger partial charge in [0.05, 0.1) is 12.5 Å². The first-order valence-corrected chi connectivity index (χ1v) is 6.07. The molecule has 0 aromatic carbocycles. The second kappa shape index (κ2) is 10.7. The van der Waals surface area contributed by atoms with Gasteiger partial charge < -0.3 is 21.1 Å². The Labute approximate surface area is 98.8 Å². The summed E-state index contributed by atoms with van der Waals surface area (Å²) in [5.41, 5.74) is 5.19. The predicted molar refractivity (Wildman–Crippen MR) is 62.5 cm³/mol. The van der Waals surface area contributed by atoms with E-state index in [0.29, 0.717) is 6.42 Å². The lowest BCUT2D eigenvalue weighted by Crippen LogP contribution is -2.30. The van der Waals surface area contributed by atoms with Gasteiger partial charge in [0.15, 0.2) is 0 Å². The van der Waals surface area contributed by atoms with Crippen LogP contribution >= 0.6 is 11.8 Å². The summed E-state index contributed by atoms with van der Waals surface area (Å²) in [5.74, 6) is -1.06. The first kappa shape index (κ1) is 17.6. The van der Waals surface area contributed by atoms with E-state index >= 15 is 0 Å². The minimum atomic E-state index is -0.963. The zero-order valence-corrected chi connectivity index (χ0v) is 10.2. The van der Waals surface area contributed by atoms with Crippen LogP contribution in [0, 0.1) is 0 Å². The highest BCUT2D eigenvalue weighted by atomic mass is 32.2. The molecule has 0 saturated heterocycles. The number of thioether (sulfide) groups is 1. The number of carboxylic acids is 2. The fraction of sp³-hybridized carbons (Fsp3) is 0.778. The van der Waals surface area contributed by atoms with E-state index in [2.05, 4.69) is 0 Å². The van der Waals surface area contributed by atoms with Crippen molar-refractivity contribution in [3.63, 3.8) is 0 Å². The lowest BCUT2D eigenvalue weighted by atomic mass is 10.2. The number of aliphatic hydroxyl groups is 1. The lowest BCUT2D eigenvalue weighted by Gasteiger charge is -2.02. The van der Waals surface area contributed by atoms with Crippen molar-refractivity contribution in [1.82, 2.24) is 0 Å². The van der Waals surface area contributed by atoms with Crippen molar-refractivity contribution in [2.45, 2.75) is 31.9 Å². The van der Waals surface area contributed by atoms with Crippen LogP contribution in [0.2, 0.25) is 0 Å². The van der Waals surface area contributed by atoms with E-state index in [1.807, 2.05) is 6.26 Å². The van der Waals surface area contributed by atoms with Crippen LogP contribution in [-0.2, 0) is 9.59 Å². The third-order valence-corrected chi connectivity index (χ3v) is 2.06. The molecule has 0 amide bonds. The summed E-state index contributed by atoms with van der Waals surface area (Å²) in [4.78, 5) is 19.7. The largest absolute Gasteiger partial charge is 0.481 e. The summed E-state index contributed by atoms with van der Waals surface area (Å²) in [6, 6.07) is -0.683. The average Bonchev–Trinajstić information content (AvgIpc) is 2.12. The van der Waals surface area contributed by atoms with Crippen LogP contribution in [0.25, 0.3) is 0 Å². The molecular formula is C9H19NO5S. The molecule has 2 unspecified atom stereocenters. The smallest absolute Gasteiger partial charge is 0.320 e. The summed E-state index contributed by atoms with van der Waals surface area (Å²) >= 11 is 1.60. The summed E-state index contributed by atoms with van der Waals surface area (Å²) in [5, 5.41) is 24.5. The maximum Gasteiger partial charge on any atom is 0.320 e. The third-order valence-electron chi connectivity index (χ3n) is 1.42. The van der Waals surface area contributed by atoms with Gasteiger partial charge in [0.1, 0.15) is 6.04 Å². The Kier molecular flexibility index (Phi) is 11.8. The SMILES string of the molecule is CC(O)CC(=O)O.CSCCC(N)C(=O)O. The highest BCUT2D eigenvalue weighted by Crippen LogP contribution is 1.97. The van der Waals surface area contributed by atoms with Crippen molar-refractivity contribution < 1.29 is 24.9 Å². The van der Waals surface area contributed by atoms with Crippen LogP contribution in [0.1, 0.15) is 19.8 Å². The number of hydrogen-bond donors (Lipinski definition) is 4. The number of nitrogens with two attached hydrogens (primary N) is 1. The number of hydrogen-bond acceptors (Lipinski definition) is 5. The fourth-order valence-corrected chi connectivity index (χ4v) is 1.11. The molecule has 0 aromatic heterocycles. The van der Waals surface area contributed by atoms with Gasteiger partial charge in [-0.05, 0) is 25.4 Å². The van der Waals surface area contributed by atoms with E-state index in [1.54, 1.807) is 11.8 Å². The number of carboxylic acid groups (broad SMARTS) is 2. The molecule has 0 radical (unpaired) electrons. The minimum Gasteiger partial charge on any atom is -0.481 e. The van der Waals surface area contributed by atoms with Gasteiger partial charge in [-0.3, -0.25) is 9.59 Å². The lowest BCUT2D eigenvalue weighted by molar-refractivity contribution is -0.139. The van der Waals surface area contributed by atoms with Crippen LogP contribution < -0.4 is 5.73 Å². The molecule has 0 heterocycles. The standard InChI is InChI=1S/C5H11NO2S.C4H8O3/c1-9-3-2-4(6)5(7)8;1-3(5)2-4(6)7/h4H,2-3,6H2,1H3,(H,7,8);3,5H,2H2,1H3,(H,6,7). The van der Waals surface area contributed by atoms with E-state index < -0.39 is 24.1 Å². The van der Waals surface area contributed by atoms with Crippen LogP contribution in [0.3, 0.4) is 0 Å². The zero-order valence-electron chi connectivity index (χ0n) is 9.42. The number of carbonyl (C=O) groups is 2. The Bertz CT molecular complexity index is 210. The highest BCUT2D eigenvalue weighted by molar-refractivity contribution is 7.98. The van der Waals surface area contributed by atoms with Gasteiger partial charge in [-0.25, -0.2) is 0 Å². The molecule has 0 saturated carbocycles. The van der Waals surface area contributed by atoms with E-state index in [-0.39, 0.29) is 6.42 Å². The Morgan fingerprint density at radius 1 is 1.38 bits per heavy atom. The topological polar surface area (TPSA) is 121 Å². The van der Waals surface area contributed by atoms with Crippen molar-refractivity contribution in [1.29, 1.82) is 0 Å². The van der Waals surface area contributed by atoms with Crippen molar-refractivity contribution in [2.24, 2.45) is 5.73 Å². The van der Waals surface area contributed by atoms with Crippen molar-refractivity contribution in [3.8, 4) is 0 Å². The zero-order chi connectivity index (χ0) is 13.1. The number of aliphatic carboxylic acids is 2. The molecule has 0 aliphatic carbocycles. The third kappa shape index (κ3) is 15.7. The van der Waals surface area contributed by atoms with E-state index in [0.717, 1.165) is 5.75 Å². The summed E-state index contributed by atoms with van der Waals surface area (Å²) in [6.07, 6.45) is 1.59. The van der Waals surface area contributed by atoms with Crippen LogP contribution in [0.4, 0.5) is 0 Å². The Morgan fingerprint density at radius 3 is 2.06 bits per heavy atom. The van der Waals surface area contributed by atoms with Crippen molar-refractivity contribution in [3.05, 3.63) is 0 Å². The Morgan fingerprint density at radius 2 is 1.88 bits per heavy atom. The van der Waals surface area contributed by atoms with Gasteiger partial charge in [-0.2, -0.15) is 11.8 Å². The van der Waals surface area contributed by atoms with Gasteiger partial charge in [0.25, 0.3) is 0 Å². The molecule has 16 heavy (non-hydrogen) atoms. The molecule has 2 atom stereocenters. The summed E-state index contributed by atoms with van der Waals surface area (Å²) < 4.78 is 0. The minimum absolute atomic E-state index is 0.167. The molecule has 0 aromatic rings. The van der Waals surface area contributed by atoms with Gasteiger partial charge in [-0.1, -0.05) is 0 Å². The van der Waals surface area contributed by atoms with Gasteiger partial charge in [-0.15, -0.1) is 0 Å². The monoisotopic (exact) mass is 253 g/mol. The van der Waals surface area contributed by atoms with Crippen LogP contribution in [0.5, 0.6) is 0 Å². The van der Waals surface area contributed by atoms with Crippen molar-refractivity contribution in [2.75, 3.05) is 12.0 Å². The first-order valence-electron chi connectivity index (χ1n) is 4.68. The maximum atomic E-state index is 10.1. The second-order valence-electron chi connectivity index (χ2n) is 3.17. The quantitative estimate of drug-likeness (QED) is 0.525. The summed E-state index contributed by atoms with van der Waals surface area (Å²) in [7, 11) is 0. The molecule has 6 nitrogen and oxygen atoms in total. The van der Waals surface area contributed by atoms with Gasteiger partial charge in [0.2, 0.25) is 0 Å². The fourth-order valence-electron chi connectivity index (χ4n) is 0.621. The molecule has 96 valence electrons. The molecule has 7 heteroatoms. The van der Waals surface area contributed by atoms with Crippen molar-refractivity contribution >= 4 is 23.7 Å². The normalized spacial score (nSPS) is 13.2. The molecule has 0 spiro atoms. The first-order chi connectivity index (χ1) is 7.31. The molecule has 0 aliphatic heterocycles. The van der Waals surface area contributed by atoms with E-state index in [9.17, 15) is 9.59 Å². The molecule has 0 fully saturated rings. The predicted octanol–water partition coefficient (Wildman–Crippen LogP) is -0.00670. The maximum absolute atomic E-state index is 10.1. The second-order valence-corrected chi connectivity index (χ2v) is 4.16. The Hall–Kier alpha value is -0.790. The van der Waals surface area contributed by atoms with Crippen LogP contribution in [0.15, 0.2) is 0 Å². The summed E-state index contributed by atoms with van der Waals surface area (Å²) in [6.45, 7) is 1.44. The van der Waals surface area contributed by atoms with Crippen LogP contribution in [-0.4, -0.2) is 51.4 Å². The number of aliphatic hydroxyl groups excluding tert-OH is 1. The van der Waals surface area contributed by atoms with E-state index in [4.69, 9.17) is 21.1 Å². The molecule has 0 rings (SSSR count). The van der Waals surface area contributed by atoms with Gasteiger partial charge in [0, 0.05) is 0 Å².